The van der Waals surface area contributed by atoms with Gasteiger partial charge in [0.15, 0.2) is 0 Å². The van der Waals surface area contributed by atoms with Crippen LogP contribution in [0, 0.1) is 11.3 Å². The number of amides is 1. The molecule has 1 aliphatic heterocycles. The van der Waals surface area contributed by atoms with E-state index in [0.717, 1.165) is 31.0 Å². The summed E-state index contributed by atoms with van der Waals surface area (Å²) in [5.41, 5.74) is 1.03. The van der Waals surface area contributed by atoms with E-state index in [2.05, 4.69) is 16.7 Å². The molecule has 1 aromatic rings. The smallest absolute Gasteiger partial charge is 0.227 e. The fraction of sp³-hybridized carbons (Fsp3) is 0.588. The van der Waals surface area contributed by atoms with Gasteiger partial charge in [0.05, 0.1) is 5.41 Å². The molecule has 4 heteroatoms. The Morgan fingerprint density at radius 3 is 3.19 bits per heavy atom. The third-order valence-electron chi connectivity index (χ3n) is 5.08. The summed E-state index contributed by atoms with van der Waals surface area (Å²) in [6.45, 7) is 2.54. The number of benzene rings is 1. The quantitative estimate of drug-likeness (QED) is 0.898. The Morgan fingerprint density at radius 1 is 1.43 bits per heavy atom. The van der Waals surface area contributed by atoms with Gasteiger partial charge in [-0.25, -0.2) is 0 Å². The second kappa shape index (κ2) is 6.37. The summed E-state index contributed by atoms with van der Waals surface area (Å²) in [4.78, 5) is 12.7. The number of carbonyl (C=O) groups is 1. The number of nitrogens with one attached hydrogen (secondary N) is 2. The molecular formula is C17H23ClN2O. The number of hydrogen-bond donors (Lipinski definition) is 2. The summed E-state index contributed by atoms with van der Waals surface area (Å²) in [6.07, 6.45) is 5.51. The summed E-state index contributed by atoms with van der Waals surface area (Å²) < 4.78 is 0. The molecule has 2 atom stereocenters. The Bertz CT molecular complexity index is 519. The summed E-state index contributed by atoms with van der Waals surface area (Å²) in [7, 11) is 0. The average molecular weight is 307 g/mol. The van der Waals surface area contributed by atoms with Gasteiger partial charge in [0.2, 0.25) is 5.91 Å². The molecule has 0 aromatic heterocycles. The topological polar surface area (TPSA) is 41.1 Å². The van der Waals surface area contributed by atoms with Crippen LogP contribution in [0.25, 0.3) is 0 Å². The number of fused-ring (bicyclic) bond motifs is 1. The molecular weight excluding hydrogens is 284 g/mol. The van der Waals surface area contributed by atoms with E-state index < -0.39 is 0 Å². The second-order valence-corrected chi connectivity index (χ2v) is 6.80. The zero-order valence-electron chi connectivity index (χ0n) is 12.3. The zero-order valence-corrected chi connectivity index (χ0v) is 13.1. The predicted molar refractivity (Wildman–Crippen MR) is 85.4 cm³/mol. The lowest BCUT2D eigenvalue weighted by atomic mass is 9.67. The van der Waals surface area contributed by atoms with Gasteiger partial charge in [-0.1, -0.05) is 36.6 Å². The minimum absolute atomic E-state index is 0.146. The number of carbonyl (C=O) groups excluding carboxylic acids is 1. The van der Waals surface area contributed by atoms with Crippen LogP contribution in [0.4, 0.5) is 0 Å². The lowest BCUT2D eigenvalue weighted by Gasteiger charge is -2.37. The first-order valence-electron chi connectivity index (χ1n) is 7.94. The van der Waals surface area contributed by atoms with Crippen molar-refractivity contribution in [2.45, 2.75) is 32.1 Å². The molecule has 1 heterocycles. The number of rotatable bonds is 4. The van der Waals surface area contributed by atoms with Crippen molar-refractivity contribution in [2.75, 3.05) is 19.6 Å². The Labute approximate surface area is 131 Å². The second-order valence-electron chi connectivity index (χ2n) is 6.37. The van der Waals surface area contributed by atoms with Crippen LogP contribution in [0.15, 0.2) is 24.3 Å². The van der Waals surface area contributed by atoms with E-state index in [4.69, 9.17) is 11.6 Å². The van der Waals surface area contributed by atoms with Crippen molar-refractivity contribution >= 4 is 17.5 Å². The molecule has 3 nitrogen and oxygen atoms in total. The molecule has 1 saturated heterocycles. The standard InChI is InChI=1S/C17H23ClN2O/c18-15-6-3-4-13(10-15)7-9-20-16(21)17-8-2-1-5-14(17)11-19-12-17/h3-4,6,10,14,19H,1-2,5,7-9,11-12H2,(H,20,21)/t14-,17+/m0/s1. The normalized spacial score (nSPS) is 28.1. The lowest BCUT2D eigenvalue weighted by Crippen LogP contribution is -2.48. The molecule has 2 fully saturated rings. The van der Waals surface area contributed by atoms with Crippen LogP contribution in [0.1, 0.15) is 31.2 Å². The third kappa shape index (κ3) is 3.09. The van der Waals surface area contributed by atoms with Gasteiger partial charge in [0, 0.05) is 18.1 Å². The van der Waals surface area contributed by atoms with Crippen LogP contribution < -0.4 is 10.6 Å². The largest absolute Gasteiger partial charge is 0.355 e. The van der Waals surface area contributed by atoms with E-state index in [0.29, 0.717) is 12.5 Å². The molecule has 3 rings (SSSR count). The van der Waals surface area contributed by atoms with Crippen LogP contribution >= 0.6 is 11.6 Å². The van der Waals surface area contributed by atoms with E-state index in [1.165, 1.54) is 24.8 Å². The number of halogens is 1. The van der Waals surface area contributed by atoms with Crippen molar-refractivity contribution in [3.63, 3.8) is 0 Å². The fourth-order valence-corrected chi connectivity index (χ4v) is 4.09. The summed E-state index contributed by atoms with van der Waals surface area (Å²) in [5.74, 6) is 0.775. The molecule has 114 valence electrons. The van der Waals surface area contributed by atoms with Crippen LogP contribution in [-0.2, 0) is 11.2 Å². The van der Waals surface area contributed by atoms with Crippen LogP contribution in [0.3, 0.4) is 0 Å². The van der Waals surface area contributed by atoms with Gasteiger partial charge in [0.25, 0.3) is 0 Å². The van der Waals surface area contributed by atoms with Crippen molar-refractivity contribution in [3.8, 4) is 0 Å². The monoisotopic (exact) mass is 306 g/mol. The highest BCUT2D eigenvalue weighted by atomic mass is 35.5. The molecule has 1 amide bonds. The third-order valence-corrected chi connectivity index (χ3v) is 5.31. The summed E-state index contributed by atoms with van der Waals surface area (Å²) in [5, 5.41) is 7.34. The fourth-order valence-electron chi connectivity index (χ4n) is 3.88. The molecule has 1 saturated carbocycles. The van der Waals surface area contributed by atoms with Crippen LogP contribution in [-0.4, -0.2) is 25.5 Å². The lowest BCUT2D eigenvalue weighted by molar-refractivity contribution is -0.133. The van der Waals surface area contributed by atoms with Gasteiger partial charge >= 0.3 is 0 Å². The van der Waals surface area contributed by atoms with Gasteiger partial charge in [-0.15, -0.1) is 0 Å². The highest BCUT2D eigenvalue weighted by Gasteiger charge is 2.49. The van der Waals surface area contributed by atoms with Crippen LogP contribution in [0.2, 0.25) is 5.02 Å². The molecule has 0 bridgehead atoms. The van der Waals surface area contributed by atoms with Crippen molar-refractivity contribution in [2.24, 2.45) is 11.3 Å². The van der Waals surface area contributed by atoms with E-state index in [9.17, 15) is 4.79 Å². The molecule has 21 heavy (non-hydrogen) atoms. The SMILES string of the molecule is O=C(NCCc1cccc(Cl)c1)[C@@]12CCCC[C@H]1CNC2. The van der Waals surface area contributed by atoms with E-state index in [-0.39, 0.29) is 11.3 Å². The van der Waals surface area contributed by atoms with Gasteiger partial charge in [-0.05, 0) is 49.4 Å². The molecule has 2 N–H and O–H groups in total. The summed E-state index contributed by atoms with van der Waals surface area (Å²) in [6, 6.07) is 7.85. The molecule has 1 aromatic carbocycles. The van der Waals surface area contributed by atoms with Gasteiger partial charge in [-0.3, -0.25) is 4.79 Å². The molecule has 0 radical (unpaired) electrons. The first-order chi connectivity index (χ1) is 10.2. The Balaban J connectivity index is 1.56. The summed E-state index contributed by atoms with van der Waals surface area (Å²) >= 11 is 5.98. The van der Waals surface area contributed by atoms with Crippen molar-refractivity contribution in [1.82, 2.24) is 10.6 Å². The predicted octanol–water partition coefficient (Wildman–Crippen LogP) is 2.78. The minimum Gasteiger partial charge on any atom is -0.355 e. The highest BCUT2D eigenvalue weighted by Crippen LogP contribution is 2.43. The van der Waals surface area contributed by atoms with Crippen molar-refractivity contribution < 1.29 is 4.79 Å². The molecule has 1 aliphatic carbocycles. The Hall–Kier alpha value is -1.06. The Kier molecular flexibility index (Phi) is 4.51. The van der Waals surface area contributed by atoms with Gasteiger partial charge < -0.3 is 10.6 Å². The van der Waals surface area contributed by atoms with Crippen molar-refractivity contribution in [3.05, 3.63) is 34.9 Å². The minimum atomic E-state index is -0.146. The van der Waals surface area contributed by atoms with E-state index in [1.54, 1.807) is 0 Å². The van der Waals surface area contributed by atoms with Crippen LogP contribution in [0.5, 0.6) is 0 Å². The van der Waals surface area contributed by atoms with Gasteiger partial charge in [-0.2, -0.15) is 0 Å². The van der Waals surface area contributed by atoms with Crippen molar-refractivity contribution in [1.29, 1.82) is 0 Å². The highest BCUT2D eigenvalue weighted by molar-refractivity contribution is 6.30. The Morgan fingerprint density at radius 2 is 2.33 bits per heavy atom. The average Bonchev–Trinajstić information content (AvgIpc) is 2.92. The number of hydrogen-bond acceptors (Lipinski definition) is 2. The maximum Gasteiger partial charge on any atom is 0.227 e. The first-order valence-corrected chi connectivity index (χ1v) is 8.32. The maximum atomic E-state index is 12.7. The van der Waals surface area contributed by atoms with E-state index >= 15 is 0 Å². The van der Waals surface area contributed by atoms with Gasteiger partial charge in [0.1, 0.15) is 0 Å². The molecule has 0 spiro atoms. The van der Waals surface area contributed by atoms with E-state index in [1.807, 2.05) is 18.2 Å². The molecule has 2 aliphatic rings. The first kappa shape index (κ1) is 14.9. The maximum absolute atomic E-state index is 12.7. The zero-order chi connectivity index (χ0) is 14.7. The molecule has 0 unspecified atom stereocenters.